The highest BCUT2D eigenvalue weighted by atomic mass is 16.3. The van der Waals surface area contributed by atoms with E-state index in [1.807, 2.05) is 12.1 Å². The first kappa shape index (κ1) is 35.2. The quantitative estimate of drug-likeness (QED) is 0.153. The van der Waals surface area contributed by atoms with E-state index in [1.54, 1.807) is 0 Å². The molecule has 0 aliphatic heterocycles. The number of rotatable bonds is 8. The summed E-state index contributed by atoms with van der Waals surface area (Å²) in [5.74, 6) is 0. The van der Waals surface area contributed by atoms with Crippen molar-refractivity contribution in [2.45, 2.75) is 0 Å². The number of benzene rings is 10. The average Bonchev–Trinajstić information content (AvgIpc) is 3.72. The Kier molecular flexibility index (Phi) is 8.87. The van der Waals surface area contributed by atoms with Gasteiger partial charge in [-0.15, -0.1) is 0 Å². The number of para-hydroxylation sites is 1. The van der Waals surface area contributed by atoms with E-state index in [0.717, 1.165) is 50.1 Å². The molecule has 0 radical (unpaired) electrons. The number of anilines is 3. The van der Waals surface area contributed by atoms with Gasteiger partial charge < -0.3 is 9.32 Å². The van der Waals surface area contributed by atoms with Crippen LogP contribution in [0.1, 0.15) is 0 Å². The van der Waals surface area contributed by atoms with Crippen molar-refractivity contribution in [3.8, 4) is 55.6 Å². The summed E-state index contributed by atoms with van der Waals surface area (Å²) < 4.78 is 6.29. The van der Waals surface area contributed by atoms with Crippen molar-refractivity contribution in [2.75, 3.05) is 4.90 Å². The van der Waals surface area contributed by atoms with Gasteiger partial charge in [-0.25, -0.2) is 0 Å². The molecule has 10 aromatic carbocycles. The lowest BCUT2D eigenvalue weighted by atomic mass is 9.96. The maximum absolute atomic E-state index is 6.29. The maximum Gasteiger partial charge on any atom is 0.136 e. The van der Waals surface area contributed by atoms with Crippen molar-refractivity contribution < 1.29 is 4.42 Å². The van der Waals surface area contributed by atoms with Crippen LogP contribution in [0.15, 0.2) is 241 Å². The molecule has 0 aliphatic carbocycles. The molecular weight excluding hydrogens is 727 g/mol. The lowest BCUT2D eigenvalue weighted by Crippen LogP contribution is -2.10. The molecule has 0 aliphatic rings. The molecule has 1 aromatic heterocycles. The highest BCUT2D eigenvalue weighted by Gasteiger charge is 2.17. The first-order valence-electron chi connectivity index (χ1n) is 20.5. The van der Waals surface area contributed by atoms with E-state index in [2.05, 4.69) is 229 Å². The molecule has 0 N–H and O–H groups in total. The fourth-order valence-corrected chi connectivity index (χ4v) is 8.71. The van der Waals surface area contributed by atoms with Gasteiger partial charge in [-0.05, 0) is 121 Å². The second-order valence-electron chi connectivity index (χ2n) is 15.3. The normalized spacial score (nSPS) is 11.3. The van der Waals surface area contributed by atoms with Gasteiger partial charge in [0.1, 0.15) is 11.2 Å². The van der Waals surface area contributed by atoms with Crippen LogP contribution in [-0.2, 0) is 0 Å². The fourth-order valence-electron chi connectivity index (χ4n) is 8.71. The SMILES string of the molecule is c1ccc(-c2cccc(-c3ccc(N(c4ccc(-c5ccc(-c6cccc7ccccc67)cc5)cc4)c4cccc(-c5cccc6oc7ccccc7c56)c4)cc3)c2)cc1. The highest BCUT2D eigenvalue weighted by molar-refractivity contribution is 6.12. The summed E-state index contributed by atoms with van der Waals surface area (Å²) >= 11 is 0. The zero-order chi connectivity index (χ0) is 39.8. The van der Waals surface area contributed by atoms with Crippen LogP contribution >= 0.6 is 0 Å². The van der Waals surface area contributed by atoms with Crippen molar-refractivity contribution >= 4 is 49.8 Å². The predicted molar refractivity (Wildman–Crippen MR) is 253 cm³/mol. The molecule has 11 aromatic rings. The lowest BCUT2D eigenvalue weighted by molar-refractivity contribution is 0.669. The van der Waals surface area contributed by atoms with E-state index in [1.165, 1.54) is 55.3 Å². The Balaban J connectivity index is 0.973. The van der Waals surface area contributed by atoms with Crippen molar-refractivity contribution in [1.82, 2.24) is 0 Å². The molecular formula is C58H39NO. The predicted octanol–water partition coefficient (Wildman–Crippen LogP) is 16.5. The maximum atomic E-state index is 6.29. The molecule has 11 rings (SSSR count). The molecule has 1 heterocycles. The van der Waals surface area contributed by atoms with Crippen molar-refractivity contribution in [3.63, 3.8) is 0 Å². The number of nitrogens with zero attached hydrogens (tertiary/aromatic N) is 1. The van der Waals surface area contributed by atoms with Gasteiger partial charge in [-0.2, -0.15) is 0 Å². The van der Waals surface area contributed by atoms with Gasteiger partial charge >= 0.3 is 0 Å². The number of hydrogen-bond acceptors (Lipinski definition) is 2. The Hall–Kier alpha value is -7.94. The molecule has 0 atom stereocenters. The molecule has 0 bridgehead atoms. The fraction of sp³-hybridized carbons (Fsp3) is 0. The number of furan rings is 1. The Labute approximate surface area is 349 Å². The summed E-state index contributed by atoms with van der Waals surface area (Å²) in [6, 6.07) is 84.8. The number of fused-ring (bicyclic) bond motifs is 4. The summed E-state index contributed by atoms with van der Waals surface area (Å²) in [6.07, 6.45) is 0. The third-order valence-electron chi connectivity index (χ3n) is 11.7. The molecule has 0 amide bonds. The standard InChI is InChI=1S/C58H39NO/c1-2-12-40(13-3-1)46-16-8-17-47(38-46)43-32-36-50(37-33-43)59(51-19-9-18-48(39-51)54-23-11-25-57-58(54)55-21-6-7-24-56(55)60-57)49-34-30-42(31-35-49)41-26-28-45(29-27-41)53-22-10-15-44-14-4-5-20-52(44)53/h1-39H. The van der Waals surface area contributed by atoms with E-state index < -0.39 is 0 Å². The van der Waals surface area contributed by atoms with Crippen molar-refractivity contribution in [2.24, 2.45) is 0 Å². The zero-order valence-corrected chi connectivity index (χ0v) is 32.9. The second-order valence-corrected chi connectivity index (χ2v) is 15.3. The molecule has 2 nitrogen and oxygen atoms in total. The van der Waals surface area contributed by atoms with E-state index in [-0.39, 0.29) is 0 Å². The molecule has 0 spiro atoms. The smallest absolute Gasteiger partial charge is 0.136 e. The average molecular weight is 766 g/mol. The second kappa shape index (κ2) is 15.1. The van der Waals surface area contributed by atoms with Crippen LogP contribution in [0.3, 0.4) is 0 Å². The van der Waals surface area contributed by atoms with E-state index >= 15 is 0 Å². The Morgan fingerprint density at radius 1 is 0.267 bits per heavy atom. The van der Waals surface area contributed by atoms with Crippen LogP contribution in [0, 0.1) is 0 Å². The summed E-state index contributed by atoms with van der Waals surface area (Å²) in [7, 11) is 0. The van der Waals surface area contributed by atoms with E-state index in [0.29, 0.717) is 0 Å². The summed E-state index contributed by atoms with van der Waals surface area (Å²) in [6.45, 7) is 0. The topological polar surface area (TPSA) is 16.4 Å². The first-order chi connectivity index (χ1) is 29.7. The molecule has 282 valence electrons. The lowest BCUT2D eigenvalue weighted by Gasteiger charge is -2.26. The van der Waals surface area contributed by atoms with Crippen LogP contribution in [0.4, 0.5) is 17.1 Å². The van der Waals surface area contributed by atoms with Gasteiger partial charge in [-0.3, -0.25) is 0 Å². The minimum Gasteiger partial charge on any atom is -0.456 e. The zero-order valence-electron chi connectivity index (χ0n) is 32.9. The number of hydrogen-bond donors (Lipinski definition) is 0. The molecule has 0 saturated carbocycles. The van der Waals surface area contributed by atoms with Gasteiger partial charge in [0.25, 0.3) is 0 Å². The summed E-state index contributed by atoms with van der Waals surface area (Å²) in [5, 5.41) is 4.78. The largest absolute Gasteiger partial charge is 0.456 e. The molecule has 0 saturated heterocycles. The minimum atomic E-state index is 0.892. The van der Waals surface area contributed by atoms with Crippen LogP contribution < -0.4 is 4.90 Å². The first-order valence-corrected chi connectivity index (χ1v) is 20.5. The van der Waals surface area contributed by atoms with Crippen molar-refractivity contribution in [1.29, 1.82) is 0 Å². The van der Waals surface area contributed by atoms with Gasteiger partial charge in [0.15, 0.2) is 0 Å². The molecule has 2 heteroatoms. The Morgan fingerprint density at radius 3 is 1.50 bits per heavy atom. The van der Waals surface area contributed by atoms with E-state index in [4.69, 9.17) is 4.42 Å². The van der Waals surface area contributed by atoms with Gasteiger partial charge in [-0.1, -0.05) is 182 Å². The molecule has 0 unspecified atom stereocenters. The summed E-state index contributed by atoms with van der Waals surface area (Å²) in [5.41, 5.74) is 16.9. The van der Waals surface area contributed by atoms with Crippen LogP contribution in [0.2, 0.25) is 0 Å². The van der Waals surface area contributed by atoms with Gasteiger partial charge in [0, 0.05) is 27.8 Å². The Morgan fingerprint density at radius 2 is 0.750 bits per heavy atom. The van der Waals surface area contributed by atoms with Gasteiger partial charge in [0.2, 0.25) is 0 Å². The molecule has 60 heavy (non-hydrogen) atoms. The minimum absolute atomic E-state index is 0.892. The van der Waals surface area contributed by atoms with Crippen LogP contribution in [-0.4, -0.2) is 0 Å². The third kappa shape index (κ3) is 6.51. The monoisotopic (exact) mass is 765 g/mol. The third-order valence-corrected chi connectivity index (χ3v) is 11.7. The van der Waals surface area contributed by atoms with E-state index in [9.17, 15) is 0 Å². The van der Waals surface area contributed by atoms with Crippen LogP contribution in [0.25, 0.3) is 88.3 Å². The Bertz CT molecular complexity index is 3280. The van der Waals surface area contributed by atoms with Gasteiger partial charge in [0.05, 0.1) is 0 Å². The van der Waals surface area contributed by atoms with Crippen LogP contribution in [0.5, 0.6) is 0 Å². The molecule has 0 fully saturated rings. The van der Waals surface area contributed by atoms with Crippen molar-refractivity contribution in [3.05, 3.63) is 237 Å². The highest BCUT2D eigenvalue weighted by Crippen LogP contribution is 2.42. The summed E-state index contributed by atoms with van der Waals surface area (Å²) in [4.78, 5) is 2.36.